The van der Waals surface area contributed by atoms with Crippen LogP contribution in [-0.2, 0) is 26.2 Å². The quantitative estimate of drug-likeness (QED) is 0.604. The first kappa shape index (κ1) is 24.9. The van der Waals surface area contributed by atoms with Crippen LogP contribution in [0.4, 0.5) is 4.39 Å². The van der Waals surface area contributed by atoms with Gasteiger partial charge in [-0.15, -0.1) is 0 Å². The molecule has 2 aromatic carbocycles. The third-order valence-corrected chi connectivity index (χ3v) is 7.78. The van der Waals surface area contributed by atoms with Crippen molar-refractivity contribution < 1.29 is 22.4 Å². The van der Waals surface area contributed by atoms with E-state index in [9.17, 15) is 22.4 Å². The molecular formula is C24H30FN3O4S. The van der Waals surface area contributed by atoms with Crippen LogP contribution in [0.1, 0.15) is 31.2 Å². The molecule has 0 radical (unpaired) electrons. The molecule has 1 heterocycles. The third kappa shape index (κ3) is 6.85. The molecule has 1 aliphatic rings. The smallest absolute Gasteiger partial charge is 0.242 e. The number of likely N-dealkylation sites (tertiary alicyclic amines) is 1. The molecule has 0 unspecified atom stereocenters. The molecule has 9 heteroatoms. The number of hydrogen-bond acceptors (Lipinski definition) is 4. The van der Waals surface area contributed by atoms with Crippen molar-refractivity contribution in [3.8, 4) is 0 Å². The highest BCUT2D eigenvalue weighted by Gasteiger charge is 2.27. The maximum atomic E-state index is 13.0. The molecule has 0 bridgehead atoms. The zero-order chi connectivity index (χ0) is 23.8. The van der Waals surface area contributed by atoms with Crippen LogP contribution in [0.3, 0.4) is 0 Å². The van der Waals surface area contributed by atoms with Crippen LogP contribution in [0.2, 0.25) is 0 Å². The SMILES string of the molecule is CN(CCCC(=O)N1CCC(C(=O)NCc2ccccc2)CC1)S(=O)(=O)c1ccc(F)cc1. The van der Waals surface area contributed by atoms with Gasteiger partial charge in [-0.1, -0.05) is 30.3 Å². The van der Waals surface area contributed by atoms with Crippen molar-refractivity contribution in [2.24, 2.45) is 5.92 Å². The minimum absolute atomic E-state index is 0.0126. The number of carbonyl (C=O) groups is 2. The number of nitrogens with zero attached hydrogens (tertiary/aromatic N) is 2. The first-order chi connectivity index (χ1) is 15.8. The molecule has 7 nitrogen and oxygen atoms in total. The fourth-order valence-electron chi connectivity index (χ4n) is 3.84. The van der Waals surface area contributed by atoms with Crippen LogP contribution >= 0.6 is 0 Å². The Kier molecular flexibility index (Phi) is 8.57. The molecule has 1 N–H and O–H groups in total. The summed E-state index contributed by atoms with van der Waals surface area (Å²) in [6.07, 6.45) is 1.85. The Balaban J connectivity index is 1.38. The summed E-state index contributed by atoms with van der Waals surface area (Å²) in [5.74, 6) is -0.631. The Morgan fingerprint density at radius 3 is 2.33 bits per heavy atom. The molecule has 3 rings (SSSR count). The van der Waals surface area contributed by atoms with E-state index in [0.717, 1.165) is 17.7 Å². The maximum absolute atomic E-state index is 13.0. The van der Waals surface area contributed by atoms with Crippen molar-refractivity contribution in [3.05, 3.63) is 66.0 Å². The minimum atomic E-state index is -3.72. The zero-order valence-corrected chi connectivity index (χ0v) is 19.6. The Bertz CT molecular complexity index is 1040. The Hall–Kier alpha value is -2.78. The van der Waals surface area contributed by atoms with E-state index in [-0.39, 0.29) is 35.6 Å². The van der Waals surface area contributed by atoms with Gasteiger partial charge in [0.15, 0.2) is 0 Å². The van der Waals surface area contributed by atoms with Gasteiger partial charge >= 0.3 is 0 Å². The van der Waals surface area contributed by atoms with E-state index >= 15 is 0 Å². The van der Waals surface area contributed by atoms with Crippen LogP contribution in [0.15, 0.2) is 59.5 Å². The van der Waals surface area contributed by atoms with Crippen molar-refractivity contribution in [2.75, 3.05) is 26.7 Å². The van der Waals surface area contributed by atoms with Gasteiger partial charge in [-0.25, -0.2) is 17.1 Å². The summed E-state index contributed by atoms with van der Waals surface area (Å²) >= 11 is 0. The highest BCUT2D eigenvalue weighted by Crippen LogP contribution is 2.19. The number of nitrogens with one attached hydrogen (secondary N) is 1. The van der Waals surface area contributed by atoms with Gasteiger partial charge in [-0.2, -0.15) is 0 Å². The summed E-state index contributed by atoms with van der Waals surface area (Å²) in [6.45, 7) is 1.72. The third-order valence-electron chi connectivity index (χ3n) is 5.91. The number of amides is 2. The summed E-state index contributed by atoms with van der Waals surface area (Å²) in [5.41, 5.74) is 1.05. The van der Waals surface area contributed by atoms with Gasteiger partial charge in [0.1, 0.15) is 5.82 Å². The number of rotatable bonds is 9. The molecule has 2 aromatic rings. The second kappa shape index (κ2) is 11.4. The van der Waals surface area contributed by atoms with E-state index in [0.29, 0.717) is 38.9 Å². The highest BCUT2D eigenvalue weighted by atomic mass is 32.2. The van der Waals surface area contributed by atoms with E-state index in [2.05, 4.69) is 5.32 Å². The molecule has 1 fully saturated rings. The molecule has 33 heavy (non-hydrogen) atoms. The lowest BCUT2D eigenvalue weighted by Crippen LogP contribution is -2.43. The number of hydrogen-bond donors (Lipinski definition) is 1. The number of halogens is 1. The molecule has 0 aliphatic carbocycles. The summed E-state index contributed by atoms with van der Waals surface area (Å²) in [4.78, 5) is 26.7. The average Bonchev–Trinajstić information content (AvgIpc) is 2.83. The molecule has 0 spiro atoms. The van der Waals surface area contributed by atoms with Crippen molar-refractivity contribution in [1.29, 1.82) is 0 Å². The minimum Gasteiger partial charge on any atom is -0.352 e. The molecule has 1 aliphatic heterocycles. The fraction of sp³-hybridized carbons (Fsp3) is 0.417. The summed E-state index contributed by atoms with van der Waals surface area (Å²) < 4.78 is 39.3. The summed E-state index contributed by atoms with van der Waals surface area (Å²) in [5, 5.41) is 2.96. The van der Waals surface area contributed by atoms with Crippen LogP contribution in [0.25, 0.3) is 0 Å². The number of carbonyl (C=O) groups excluding carboxylic acids is 2. The lowest BCUT2D eigenvalue weighted by atomic mass is 9.95. The van der Waals surface area contributed by atoms with Gasteiger partial charge in [0.25, 0.3) is 0 Å². The second-order valence-electron chi connectivity index (χ2n) is 8.24. The standard InChI is InChI=1S/C24H30FN3O4S/c1-27(33(31,32)22-11-9-21(25)10-12-22)15-5-8-23(29)28-16-13-20(14-17-28)24(30)26-18-19-6-3-2-4-7-19/h2-4,6-7,9-12,20H,5,8,13-18H2,1H3,(H,26,30). The van der Waals surface area contributed by atoms with Crippen LogP contribution < -0.4 is 5.32 Å². The van der Waals surface area contributed by atoms with E-state index in [1.54, 1.807) is 4.90 Å². The number of benzene rings is 2. The molecule has 1 saturated heterocycles. The van der Waals surface area contributed by atoms with Crippen LogP contribution in [0, 0.1) is 11.7 Å². The predicted molar refractivity (Wildman–Crippen MR) is 123 cm³/mol. The van der Waals surface area contributed by atoms with Crippen molar-refractivity contribution >= 4 is 21.8 Å². The molecule has 2 amide bonds. The lowest BCUT2D eigenvalue weighted by Gasteiger charge is -2.31. The van der Waals surface area contributed by atoms with E-state index in [1.165, 1.54) is 23.5 Å². The van der Waals surface area contributed by atoms with E-state index in [4.69, 9.17) is 0 Å². The fourth-order valence-corrected chi connectivity index (χ4v) is 5.05. The lowest BCUT2D eigenvalue weighted by molar-refractivity contribution is -0.135. The molecule has 178 valence electrons. The van der Waals surface area contributed by atoms with Gasteiger partial charge in [-0.05, 0) is 49.1 Å². The van der Waals surface area contributed by atoms with Crippen molar-refractivity contribution in [3.63, 3.8) is 0 Å². The molecule has 0 atom stereocenters. The molecule has 0 aromatic heterocycles. The monoisotopic (exact) mass is 475 g/mol. The Morgan fingerprint density at radius 1 is 1.06 bits per heavy atom. The van der Waals surface area contributed by atoms with Gasteiger partial charge in [0, 0.05) is 45.6 Å². The number of piperidine rings is 1. The van der Waals surface area contributed by atoms with Gasteiger partial charge in [-0.3, -0.25) is 9.59 Å². The predicted octanol–water partition coefficient (Wildman–Crippen LogP) is 2.78. The molecule has 0 saturated carbocycles. The largest absolute Gasteiger partial charge is 0.352 e. The highest BCUT2D eigenvalue weighted by molar-refractivity contribution is 7.89. The first-order valence-corrected chi connectivity index (χ1v) is 12.5. The van der Waals surface area contributed by atoms with Crippen molar-refractivity contribution in [2.45, 2.75) is 37.1 Å². The first-order valence-electron chi connectivity index (χ1n) is 11.1. The topological polar surface area (TPSA) is 86.8 Å². The Morgan fingerprint density at radius 2 is 1.70 bits per heavy atom. The van der Waals surface area contributed by atoms with Crippen LogP contribution in [0.5, 0.6) is 0 Å². The normalized spacial score (nSPS) is 14.9. The number of sulfonamides is 1. The van der Waals surface area contributed by atoms with Gasteiger partial charge in [0.2, 0.25) is 21.8 Å². The Labute approximate surface area is 194 Å². The van der Waals surface area contributed by atoms with E-state index in [1.807, 2.05) is 30.3 Å². The summed E-state index contributed by atoms with van der Waals surface area (Å²) in [7, 11) is -2.28. The molecular weight excluding hydrogens is 445 g/mol. The second-order valence-corrected chi connectivity index (χ2v) is 10.3. The van der Waals surface area contributed by atoms with E-state index < -0.39 is 15.8 Å². The summed E-state index contributed by atoms with van der Waals surface area (Å²) in [6, 6.07) is 14.4. The van der Waals surface area contributed by atoms with Crippen LogP contribution in [-0.4, -0.2) is 56.1 Å². The van der Waals surface area contributed by atoms with Crippen molar-refractivity contribution in [1.82, 2.24) is 14.5 Å². The van der Waals surface area contributed by atoms with Gasteiger partial charge < -0.3 is 10.2 Å². The van der Waals surface area contributed by atoms with Gasteiger partial charge in [0.05, 0.1) is 4.90 Å². The maximum Gasteiger partial charge on any atom is 0.242 e. The average molecular weight is 476 g/mol. The zero-order valence-electron chi connectivity index (χ0n) is 18.7.